The molecule has 21 heavy (non-hydrogen) atoms. The highest BCUT2D eigenvalue weighted by molar-refractivity contribution is 6.05. The van der Waals surface area contributed by atoms with Gasteiger partial charge in [-0.1, -0.05) is 12.1 Å². The van der Waals surface area contributed by atoms with Crippen molar-refractivity contribution in [3.05, 3.63) is 48.0 Å². The molecule has 2 N–H and O–H groups in total. The summed E-state index contributed by atoms with van der Waals surface area (Å²) in [5.74, 6) is -0.614. The van der Waals surface area contributed by atoms with Gasteiger partial charge in [-0.05, 0) is 38.0 Å². The molecule has 1 aromatic heterocycles. The quantitative estimate of drug-likeness (QED) is 0.938. The van der Waals surface area contributed by atoms with Gasteiger partial charge in [0.2, 0.25) is 0 Å². The summed E-state index contributed by atoms with van der Waals surface area (Å²) < 4.78 is 15.9. The molecule has 1 saturated carbocycles. The summed E-state index contributed by atoms with van der Waals surface area (Å²) in [5.41, 5.74) is 7.22. The predicted molar refractivity (Wildman–Crippen MR) is 80.9 cm³/mol. The van der Waals surface area contributed by atoms with Gasteiger partial charge in [0.15, 0.2) is 0 Å². The number of carbonyl (C=O) groups is 1. The Labute approximate surface area is 123 Å². The second kappa shape index (κ2) is 5.24. The van der Waals surface area contributed by atoms with Crippen LogP contribution in [0.2, 0.25) is 0 Å². The van der Waals surface area contributed by atoms with Gasteiger partial charge in [-0.2, -0.15) is 0 Å². The van der Waals surface area contributed by atoms with E-state index in [-0.39, 0.29) is 5.91 Å². The molecule has 1 aliphatic rings. The van der Waals surface area contributed by atoms with Gasteiger partial charge in [0.1, 0.15) is 11.5 Å². The molecule has 4 nitrogen and oxygen atoms in total. The van der Waals surface area contributed by atoms with Gasteiger partial charge in [-0.3, -0.25) is 4.79 Å². The minimum Gasteiger partial charge on any atom is -0.397 e. The van der Waals surface area contributed by atoms with Gasteiger partial charge in [-0.25, -0.2) is 4.39 Å². The minimum absolute atomic E-state index is 0.216. The Morgan fingerprint density at radius 1 is 1.43 bits per heavy atom. The predicted octanol–water partition coefficient (Wildman–Crippen LogP) is 3.21. The van der Waals surface area contributed by atoms with Crippen molar-refractivity contribution in [2.24, 2.45) is 0 Å². The van der Waals surface area contributed by atoms with Crippen molar-refractivity contribution in [3.63, 3.8) is 0 Å². The van der Waals surface area contributed by atoms with Gasteiger partial charge in [0.25, 0.3) is 5.91 Å². The zero-order valence-electron chi connectivity index (χ0n) is 11.9. The molecule has 0 radical (unpaired) electrons. The van der Waals surface area contributed by atoms with Crippen LogP contribution >= 0.6 is 0 Å². The lowest BCUT2D eigenvalue weighted by Crippen LogP contribution is -2.32. The van der Waals surface area contributed by atoms with Crippen LogP contribution in [0.1, 0.15) is 36.3 Å². The smallest absolute Gasteiger partial charge is 0.275 e. The van der Waals surface area contributed by atoms with E-state index in [0.29, 0.717) is 29.7 Å². The highest BCUT2D eigenvalue weighted by Gasteiger charge is 2.30. The van der Waals surface area contributed by atoms with Crippen molar-refractivity contribution >= 4 is 17.3 Å². The molecule has 1 fully saturated rings. The number of anilines is 2. The molecule has 0 spiro atoms. The lowest BCUT2D eigenvalue weighted by atomic mass is 10.2. The van der Waals surface area contributed by atoms with Crippen LogP contribution in [-0.4, -0.2) is 17.0 Å². The lowest BCUT2D eigenvalue weighted by molar-refractivity contribution is 0.0978. The van der Waals surface area contributed by atoms with E-state index in [0.717, 1.165) is 12.8 Å². The number of carbonyl (C=O) groups excluding carboxylic acids is 1. The monoisotopic (exact) mass is 287 g/mol. The number of nitrogens with two attached hydrogens (primary N) is 1. The summed E-state index contributed by atoms with van der Waals surface area (Å²) in [6.45, 7) is 2.23. The van der Waals surface area contributed by atoms with Crippen LogP contribution in [-0.2, 0) is 0 Å². The Kier molecular flexibility index (Phi) is 3.41. The molecule has 0 aliphatic heterocycles. The van der Waals surface area contributed by atoms with Gasteiger partial charge in [0.05, 0.1) is 11.4 Å². The van der Waals surface area contributed by atoms with Crippen LogP contribution in [0.15, 0.2) is 36.5 Å². The molecule has 1 aromatic carbocycles. The fourth-order valence-electron chi connectivity index (χ4n) is 2.56. The molecular formula is C16H18FN3O. The van der Waals surface area contributed by atoms with E-state index in [1.165, 1.54) is 11.0 Å². The third kappa shape index (κ3) is 2.51. The largest absolute Gasteiger partial charge is 0.397 e. The van der Waals surface area contributed by atoms with E-state index in [4.69, 9.17) is 5.73 Å². The number of hydrogen-bond acceptors (Lipinski definition) is 2. The van der Waals surface area contributed by atoms with E-state index in [1.807, 2.05) is 11.5 Å². The van der Waals surface area contributed by atoms with E-state index >= 15 is 0 Å². The minimum atomic E-state index is -0.398. The van der Waals surface area contributed by atoms with Gasteiger partial charge in [0, 0.05) is 18.8 Å². The number of hydrogen-bond donors (Lipinski definition) is 1. The maximum Gasteiger partial charge on any atom is 0.275 e. The van der Waals surface area contributed by atoms with Crippen molar-refractivity contribution in [3.8, 4) is 0 Å². The summed E-state index contributed by atoms with van der Waals surface area (Å²) >= 11 is 0. The summed E-state index contributed by atoms with van der Waals surface area (Å²) in [5, 5.41) is 0. The number of nitrogens with zero attached hydrogens (tertiary/aromatic N) is 2. The van der Waals surface area contributed by atoms with Crippen LogP contribution in [0.5, 0.6) is 0 Å². The van der Waals surface area contributed by atoms with Crippen molar-refractivity contribution in [2.45, 2.75) is 25.8 Å². The van der Waals surface area contributed by atoms with Crippen LogP contribution < -0.4 is 10.6 Å². The van der Waals surface area contributed by atoms with Gasteiger partial charge in [-0.15, -0.1) is 0 Å². The number of halogens is 1. The molecule has 1 heterocycles. The van der Waals surface area contributed by atoms with Crippen LogP contribution in [0, 0.1) is 5.82 Å². The fraction of sp³-hybridized carbons (Fsp3) is 0.312. The lowest BCUT2D eigenvalue weighted by Gasteiger charge is -2.22. The third-order valence-corrected chi connectivity index (χ3v) is 3.73. The first-order valence-corrected chi connectivity index (χ1v) is 7.15. The third-order valence-electron chi connectivity index (χ3n) is 3.73. The van der Waals surface area contributed by atoms with Gasteiger partial charge >= 0.3 is 0 Å². The van der Waals surface area contributed by atoms with E-state index in [1.54, 1.807) is 30.5 Å². The summed E-state index contributed by atoms with van der Waals surface area (Å²) in [7, 11) is 0. The molecule has 110 valence electrons. The maximum absolute atomic E-state index is 14.0. The summed E-state index contributed by atoms with van der Waals surface area (Å²) in [6.07, 6.45) is 3.90. The normalized spacial score (nSPS) is 14.2. The van der Waals surface area contributed by atoms with Crippen LogP contribution in [0.4, 0.5) is 15.8 Å². The van der Waals surface area contributed by atoms with Crippen molar-refractivity contribution in [1.29, 1.82) is 0 Å². The molecule has 3 rings (SSSR count). The Bertz CT molecular complexity index is 676. The first kappa shape index (κ1) is 13.7. The Hall–Kier alpha value is -2.30. The first-order valence-electron chi connectivity index (χ1n) is 7.15. The second-order valence-corrected chi connectivity index (χ2v) is 5.30. The number of benzene rings is 1. The Morgan fingerprint density at radius 2 is 2.14 bits per heavy atom. The number of nitrogen functional groups attached to an aromatic ring is 1. The second-order valence-electron chi connectivity index (χ2n) is 5.30. The van der Waals surface area contributed by atoms with Crippen LogP contribution in [0.25, 0.3) is 0 Å². The maximum atomic E-state index is 14.0. The zero-order valence-corrected chi connectivity index (χ0v) is 11.9. The summed E-state index contributed by atoms with van der Waals surface area (Å²) in [4.78, 5) is 14.2. The molecule has 2 aromatic rings. The van der Waals surface area contributed by atoms with E-state index in [9.17, 15) is 9.18 Å². The summed E-state index contributed by atoms with van der Waals surface area (Å²) in [6, 6.07) is 8.33. The fourth-order valence-corrected chi connectivity index (χ4v) is 2.56. The number of rotatable bonds is 4. The number of aromatic nitrogens is 1. The topological polar surface area (TPSA) is 51.3 Å². The number of amides is 1. The van der Waals surface area contributed by atoms with Gasteiger partial charge < -0.3 is 15.2 Å². The van der Waals surface area contributed by atoms with Crippen molar-refractivity contribution in [2.75, 3.05) is 17.2 Å². The Balaban J connectivity index is 1.98. The molecule has 0 saturated heterocycles. The van der Waals surface area contributed by atoms with E-state index in [2.05, 4.69) is 0 Å². The molecular weight excluding hydrogens is 269 g/mol. The zero-order chi connectivity index (χ0) is 15.0. The number of para-hydroxylation sites is 1. The molecule has 0 unspecified atom stereocenters. The van der Waals surface area contributed by atoms with Crippen molar-refractivity contribution < 1.29 is 9.18 Å². The standard InChI is InChI=1S/C16H18FN3O/c1-2-19(14-6-4-3-5-13(14)17)16(21)15-9-11(18)10-20(15)12-7-8-12/h3-6,9-10,12H,2,7-8,18H2,1H3. The molecule has 0 atom stereocenters. The molecule has 1 amide bonds. The average molecular weight is 287 g/mol. The Morgan fingerprint density at radius 3 is 2.76 bits per heavy atom. The van der Waals surface area contributed by atoms with Crippen LogP contribution in [0.3, 0.4) is 0 Å². The van der Waals surface area contributed by atoms with E-state index < -0.39 is 5.82 Å². The molecule has 5 heteroatoms. The average Bonchev–Trinajstić information content (AvgIpc) is 3.24. The highest BCUT2D eigenvalue weighted by Crippen LogP contribution is 2.37. The first-order chi connectivity index (χ1) is 10.1. The van der Waals surface area contributed by atoms with Crippen molar-refractivity contribution in [1.82, 2.24) is 4.57 Å². The SMILES string of the molecule is CCN(C(=O)c1cc(N)cn1C1CC1)c1ccccc1F. The highest BCUT2D eigenvalue weighted by atomic mass is 19.1. The molecule has 0 bridgehead atoms. The molecule has 1 aliphatic carbocycles.